The van der Waals surface area contributed by atoms with Crippen LogP contribution in [-0.2, 0) is 0 Å². The summed E-state index contributed by atoms with van der Waals surface area (Å²) in [6.07, 6.45) is 8.93. The van der Waals surface area contributed by atoms with Gasteiger partial charge in [0, 0.05) is 25.3 Å². The fourth-order valence-corrected chi connectivity index (χ4v) is 3.71. The fraction of sp³-hybridized carbons (Fsp3) is 0.812. The van der Waals surface area contributed by atoms with Crippen LogP contribution >= 0.6 is 0 Å². The molecule has 2 fully saturated rings. The number of imidazole rings is 1. The van der Waals surface area contributed by atoms with Crippen LogP contribution in [0.15, 0.2) is 6.20 Å². The Morgan fingerprint density at radius 3 is 2.80 bits per heavy atom. The van der Waals surface area contributed by atoms with Gasteiger partial charge in [-0.15, -0.1) is 0 Å². The van der Waals surface area contributed by atoms with Crippen molar-refractivity contribution in [1.82, 2.24) is 14.5 Å². The van der Waals surface area contributed by atoms with Gasteiger partial charge in [-0.2, -0.15) is 0 Å². The van der Waals surface area contributed by atoms with Crippen LogP contribution in [0.3, 0.4) is 0 Å². The van der Waals surface area contributed by atoms with Gasteiger partial charge in [0.05, 0.1) is 5.69 Å². The molecule has 4 nitrogen and oxygen atoms in total. The molecule has 2 heterocycles. The molecule has 112 valence electrons. The third-order valence-corrected chi connectivity index (χ3v) is 4.94. The zero-order valence-corrected chi connectivity index (χ0v) is 12.9. The lowest BCUT2D eigenvalue weighted by atomic mass is 10.1. The van der Waals surface area contributed by atoms with Crippen molar-refractivity contribution in [3.05, 3.63) is 11.9 Å². The van der Waals surface area contributed by atoms with E-state index in [0.29, 0.717) is 6.04 Å². The van der Waals surface area contributed by atoms with Gasteiger partial charge in [-0.05, 0) is 45.2 Å². The van der Waals surface area contributed by atoms with Crippen molar-refractivity contribution in [3.63, 3.8) is 0 Å². The highest BCUT2D eigenvalue weighted by molar-refractivity contribution is 5.30. The minimum atomic E-state index is 0.675. The Morgan fingerprint density at radius 1 is 1.30 bits per heavy atom. The van der Waals surface area contributed by atoms with Crippen LogP contribution in [0.2, 0.25) is 0 Å². The molecule has 0 radical (unpaired) electrons. The Hall–Kier alpha value is -1.03. The first-order chi connectivity index (χ1) is 9.76. The number of anilines is 1. The maximum Gasteiger partial charge on any atom is 0.203 e. The molecule has 4 heteroatoms. The number of nitrogens with one attached hydrogen (secondary N) is 1. The molecule has 1 N–H and O–H groups in total. The molecule has 1 aromatic rings. The number of aromatic nitrogens is 2. The first kappa shape index (κ1) is 13.9. The number of aryl methyl sites for hydroxylation is 1. The average molecular weight is 276 g/mol. The zero-order valence-electron chi connectivity index (χ0n) is 12.9. The van der Waals surface area contributed by atoms with Crippen LogP contribution < -0.4 is 5.32 Å². The lowest BCUT2D eigenvalue weighted by Gasteiger charge is -2.18. The second-order valence-electron chi connectivity index (χ2n) is 6.48. The third kappa shape index (κ3) is 3.00. The molecule has 0 amide bonds. The summed E-state index contributed by atoms with van der Waals surface area (Å²) >= 11 is 0. The van der Waals surface area contributed by atoms with Crippen molar-refractivity contribution in [2.45, 2.75) is 52.0 Å². The Labute approximate surface area is 122 Å². The second kappa shape index (κ2) is 6.17. The number of rotatable bonds is 5. The predicted molar refractivity (Wildman–Crippen MR) is 83.2 cm³/mol. The van der Waals surface area contributed by atoms with Crippen LogP contribution in [0.25, 0.3) is 0 Å². The van der Waals surface area contributed by atoms with Gasteiger partial charge < -0.3 is 14.8 Å². The van der Waals surface area contributed by atoms with E-state index in [9.17, 15) is 0 Å². The highest BCUT2D eigenvalue weighted by Crippen LogP contribution is 2.32. The summed E-state index contributed by atoms with van der Waals surface area (Å²) < 4.78 is 2.40. The first-order valence-corrected chi connectivity index (χ1v) is 8.28. The molecule has 0 aromatic carbocycles. The zero-order chi connectivity index (χ0) is 13.9. The maximum atomic E-state index is 4.69. The lowest BCUT2D eigenvalue weighted by molar-refractivity contribution is 0.344. The van der Waals surface area contributed by atoms with Gasteiger partial charge in [0.2, 0.25) is 5.95 Å². The molecular weight excluding hydrogens is 248 g/mol. The van der Waals surface area contributed by atoms with Crippen LogP contribution in [0.1, 0.15) is 50.8 Å². The van der Waals surface area contributed by atoms with Gasteiger partial charge in [0.15, 0.2) is 0 Å². The normalized spacial score (nSPS) is 24.6. The van der Waals surface area contributed by atoms with Crippen LogP contribution in [0.5, 0.6) is 0 Å². The van der Waals surface area contributed by atoms with Crippen molar-refractivity contribution in [2.24, 2.45) is 5.92 Å². The van der Waals surface area contributed by atoms with E-state index >= 15 is 0 Å². The molecule has 1 saturated heterocycles. The molecule has 1 aliphatic carbocycles. The predicted octanol–water partition coefficient (Wildman–Crippen LogP) is 3.06. The van der Waals surface area contributed by atoms with Crippen LogP contribution in [0, 0.1) is 12.8 Å². The molecule has 20 heavy (non-hydrogen) atoms. The third-order valence-electron chi connectivity index (χ3n) is 4.94. The Kier molecular flexibility index (Phi) is 4.29. The van der Waals surface area contributed by atoms with Gasteiger partial charge in [-0.1, -0.05) is 19.8 Å². The number of hydrogen-bond donors (Lipinski definition) is 1. The van der Waals surface area contributed by atoms with E-state index in [2.05, 4.69) is 34.8 Å². The molecule has 2 aliphatic rings. The molecule has 3 rings (SSSR count). The van der Waals surface area contributed by atoms with E-state index in [0.717, 1.165) is 24.1 Å². The molecule has 1 atom stereocenters. The summed E-state index contributed by atoms with van der Waals surface area (Å²) in [5, 5.41) is 3.62. The van der Waals surface area contributed by atoms with E-state index in [4.69, 9.17) is 4.98 Å². The van der Waals surface area contributed by atoms with E-state index in [-0.39, 0.29) is 0 Å². The molecule has 1 saturated carbocycles. The van der Waals surface area contributed by atoms with Gasteiger partial charge >= 0.3 is 0 Å². The topological polar surface area (TPSA) is 33.1 Å². The quantitative estimate of drug-likeness (QED) is 0.897. The molecule has 0 bridgehead atoms. The SMILES string of the molecule is CCN1CCC(CNc2nc(C)cn2C2CCCC2)C1. The average Bonchev–Trinajstić information content (AvgIpc) is 3.16. The Bertz CT molecular complexity index is 434. The van der Waals surface area contributed by atoms with Gasteiger partial charge in [-0.25, -0.2) is 4.98 Å². The summed E-state index contributed by atoms with van der Waals surface area (Å²) in [6, 6.07) is 0.675. The lowest BCUT2D eigenvalue weighted by Crippen LogP contribution is -2.23. The van der Waals surface area contributed by atoms with Crippen molar-refractivity contribution >= 4 is 5.95 Å². The van der Waals surface area contributed by atoms with Crippen molar-refractivity contribution in [2.75, 3.05) is 31.5 Å². The summed E-state index contributed by atoms with van der Waals surface area (Å²) in [6.45, 7) is 9.12. The number of likely N-dealkylation sites (tertiary alicyclic amines) is 1. The molecular formula is C16H28N4. The monoisotopic (exact) mass is 276 g/mol. The second-order valence-corrected chi connectivity index (χ2v) is 6.48. The van der Waals surface area contributed by atoms with Crippen molar-refractivity contribution in [3.8, 4) is 0 Å². The molecule has 1 unspecified atom stereocenters. The van der Waals surface area contributed by atoms with Crippen LogP contribution in [-0.4, -0.2) is 40.6 Å². The number of hydrogen-bond acceptors (Lipinski definition) is 3. The van der Waals surface area contributed by atoms with Crippen molar-refractivity contribution in [1.29, 1.82) is 0 Å². The van der Waals surface area contributed by atoms with E-state index in [1.165, 1.54) is 51.7 Å². The van der Waals surface area contributed by atoms with E-state index in [1.807, 2.05) is 0 Å². The van der Waals surface area contributed by atoms with Gasteiger partial charge in [0.25, 0.3) is 0 Å². The fourth-order valence-electron chi connectivity index (χ4n) is 3.71. The van der Waals surface area contributed by atoms with E-state index < -0.39 is 0 Å². The Balaban J connectivity index is 1.59. The summed E-state index contributed by atoms with van der Waals surface area (Å²) in [5.74, 6) is 1.88. The molecule has 1 aliphatic heterocycles. The minimum Gasteiger partial charge on any atom is -0.355 e. The van der Waals surface area contributed by atoms with E-state index in [1.54, 1.807) is 0 Å². The van der Waals surface area contributed by atoms with Crippen LogP contribution in [0.4, 0.5) is 5.95 Å². The molecule has 1 aromatic heterocycles. The summed E-state index contributed by atoms with van der Waals surface area (Å²) in [7, 11) is 0. The molecule has 0 spiro atoms. The first-order valence-electron chi connectivity index (χ1n) is 8.28. The van der Waals surface area contributed by atoms with Gasteiger partial charge in [-0.3, -0.25) is 0 Å². The standard InChI is InChI=1S/C16H28N4/c1-3-19-9-8-14(12-19)10-17-16-18-13(2)11-20(16)15-6-4-5-7-15/h11,14-15H,3-10,12H2,1-2H3,(H,17,18). The maximum absolute atomic E-state index is 4.69. The highest BCUT2D eigenvalue weighted by atomic mass is 15.2. The Morgan fingerprint density at radius 2 is 2.10 bits per heavy atom. The smallest absolute Gasteiger partial charge is 0.203 e. The van der Waals surface area contributed by atoms with Crippen molar-refractivity contribution < 1.29 is 0 Å². The highest BCUT2D eigenvalue weighted by Gasteiger charge is 2.23. The van der Waals surface area contributed by atoms with Gasteiger partial charge in [0.1, 0.15) is 0 Å². The summed E-state index contributed by atoms with van der Waals surface area (Å²) in [5.41, 5.74) is 1.14. The largest absolute Gasteiger partial charge is 0.355 e. The summed E-state index contributed by atoms with van der Waals surface area (Å²) in [4.78, 5) is 7.24. The minimum absolute atomic E-state index is 0.675. The number of nitrogens with zero attached hydrogens (tertiary/aromatic N) is 3.